The SMILES string of the molecule is Cn1cc(C(=O)Nc2ccc(OCC(=O)N3CCOCC3)cc2)cn1. The molecule has 1 aliphatic heterocycles. The number of hydrogen-bond donors (Lipinski definition) is 1. The van der Waals surface area contributed by atoms with Gasteiger partial charge in [-0.1, -0.05) is 0 Å². The molecule has 0 atom stereocenters. The zero-order chi connectivity index (χ0) is 17.6. The Balaban J connectivity index is 1.50. The Morgan fingerprint density at radius 3 is 2.60 bits per heavy atom. The highest BCUT2D eigenvalue weighted by atomic mass is 16.5. The number of nitrogens with one attached hydrogen (secondary N) is 1. The Bertz CT molecular complexity index is 735. The summed E-state index contributed by atoms with van der Waals surface area (Å²) < 4.78 is 12.3. The van der Waals surface area contributed by atoms with E-state index in [1.165, 1.54) is 6.20 Å². The minimum absolute atomic E-state index is 0.0125. The first-order valence-electron chi connectivity index (χ1n) is 8.00. The van der Waals surface area contributed by atoms with Gasteiger partial charge in [-0.15, -0.1) is 0 Å². The first kappa shape index (κ1) is 17.0. The number of carbonyl (C=O) groups is 2. The first-order chi connectivity index (χ1) is 12.1. The second-order valence-corrected chi connectivity index (χ2v) is 5.66. The van der Waals surface area contributed by atoms with Crippen molar-refractivity contribution in [1.29, 1.82) is 0 Å². The summed E-state index contributed by atoms with van der Waals surface area (Å²) >= 11 is 0. The van der Waals surface area contributed by atoms with E-state index in [1.54, 1.807) is 47.1 Å². The Morgan fingerprint density at radius 1 is 1.24 bits per heavy atom. The molecule has 0 bridgehead atoms. The molecule has 8 nitrogen and oxygen atoms in total. The molecule has 2 aromatic rings. The topological polar surface area (TPSA) is 85.7 Å². The number of benzene rings is 1. The summed E-state index contributed by atoms with van der Waals surface area (Å²) in [7, 11) is 1.75. The molecule has 1 aromatic carbocycles. The molecule has 2 amide bonds. The molecule has 3 rings (SSSR count). The zero-order valence-corrected chi connectivity index (χ0v) is 14.0. The third kappa shape index (κ3) is 4.57. The van der Waals surface area contributed by atoms with E-state index < -0.39 is 0 Å². The lowest BCUT2D eigenvalue weighted by atomic mass is 10.2. The number of aromatic nitrogens is 2. The van der Waals surface area contributed by atoms with Gasteiger partial charge in [0.1, 0.15) is 5.75 Å². The van der Waals surface area contributed by atoms with Crippen molar-refractivity contribution in [2.24, 2.45) is 7.05 Å². The van der Waals surface area contributed by atoms with Crippen molar-refractivity contribution in [3.05, 3.63) is 42.2 Å². The van der Waals surface area contributed by atoms with Crippen molar-refractivity contribution >= 4 is 17.5 Å². The fourth-order valence-corrected chi connectivity index (χ4v) is 2.43. The van der Waals surface area contributed by atoms with Gasteiger partial charge >= 0.3 is 0 Å². The molecule has 132 valence electrons. The third-order valence-electron chi connectivity index (χ3n) is 3.81. The van der Waals surface area contributed by atoms with Crippen LogP contribution in [0, 0.1) is 0 Å². The van der Waals surface area contributed by atoms with Crippen LogP contribution in [0.25, 0.3) is 0 Å². The molecule has 1 aliphatic rings. The fourth-order valence-electron chi connectivity index (χ4n) is 2.43. The maximum atomic E-state index is 12.0. The summed E-state index contributed by atoms with van der Waals surface area (Å²) in [5, 5.41) is 6.74. The molecule has 0 unspecified atom stereocenters. The molecule has 1 N–H and O–H groups in total. The van der Waals surface area contributed by atoms with Crippen molar-refractivity contribution in [2.45, 2.75) is 0 Å². The van der Waals surface area contributed by atoms with E-state index in [0.29, 0.717) is 43.3 Å². The summed E-state index contributed by atoms with van der Waals surface area (Å²) in [4.78, 5) is 25.8. The number of nitrogens with zero attached hydrogens (tertiary/aromatic N) is 3. The predicted octanol–water partition coefficient (Wildman–Crippen LogP) is 0.910. The molecule has 25 heavy (non-hydrogen) atoms. The molecule has 1 fully saturated rings. The van der Waals surface area contributed by atoms with Gasteiger partial charge in [-0.25, -0.2) is 0 Å². The second kappa shape index (κ2) is 7.80. The molecule has 1 aromatic heterocycles. The van der Waals surface area contributed by atoms with E-state index in [9.17, 15) is 9.59 Å². The van der Waals surface area contributed by atoms with Gasteiger partial charge in [-0.05, 0) is 24.3 Å². The van der Waals surface area contributed by atoms with E-state index in [-0.39, 0.29) is 18.4 Å². The summed E-state index contributed by atoms with van der Waals surface area (Å²) in [6, 6.07) is 6.88. The van der Waals surface area contributed by atoms with Crippen molar-refractivity contribution < 1.29 is 19.1 Å². The molecule has 0 spiro atoms. The Labute approximate surface area is 145 Å². The lowest BCUT2D eigenvalue weighted by Gasteiger charge is -2.26. The number of anilines is 1. The summed E-state index contributed by atoms with van der Waals surface area (Å²) in [6.07, 6.45) is 3.15. The average Bonchev–Trinajstić information content (AvgIpc) is 3.08. The number of morpholine rings is 1. The van der Waals surface area contributed by atoms with Crippen LogP contribution in [0.2, 0.25) is 0 Å². The van der Waals surface area contributed by atoms with Crippen LogP contribution in [0.5, 0.6) is 5.75 Å². The fraction of sp³-hybridized carbons (Fsp3) is 0.353. The highest BCUT2D eigenvalue weighted by Gasteiger charge is 2.17. The van der Waals surface area contributed by atoms with E-state index >= 15 is 0 Å². The van der Waals surface area contributed by atoms with Crippen LogP contribution in [-0.2, 0) is 16.6 Å². The molecule has 0 saturated carbocycles. The van der Waals surface area contributed by atoms with Gasteiger partial charge in [0, 0.05) is 32.0 Å². The molecule has 8 heteroatoms. The highest BCUT2D eigenvalue weighted by Crippen LogP contribution is 2.16. The summed E-state index contributed by atoms with van der Waals surface area (Å²) in [6.45, 7) is 2.32. The molecule has 0 radical (unpaired) electrons. The second-order valence-electron chi connectivity index (χ2n) is 5.66. The van der Waals surface area contributed by atoms with E-state index in [0.717, 1.165) is 0 Å². The van der Waals surface area contributed by atoms with Crippen LogP contribution >= 0.6 is 0 Å². The molecular formula is C17H20N4O4. The Morgan fingerprint density at radius 2 is 1.96 bits per heavy atom. The maximum absolute atomic E-state index is 12.0. The van der Waals surface area contributed by atoms with Gasteiger partial charge in [-0.2, -0.15) is 5.10 Å². The minimum Gasteiger partial charge on any atom is -0.484 e. The Hall–Kier alpha value is -2.87. The van der Waals surface area contributed by atoms with Crippen LogP contribution in [0.4, 0.5) is 5.69 Å². The maximum Gasteiger partial charge on any atom is 0.260 e. The minimum atomic E-state index is -0.232. The predicted molar refractivity (Wildman–Crippen MR) is 90.5 cm³/mol. The monoisotopic (exact) mass is 344 g/mol. The summed E-state index contributed by atoms with van der Waals surface area (Å²) in [5.74, 6) is 0.280. The Kier molecular flexibility index (Phi) is 5.30. The van der Waals surface area contributed by atoms with Crippen LogP contribution in [-0.4, -0.2) is 59.4 Å². The standard InChI is InChI=1S/C17H20N4O4/c1-20-11-13(10-18-20)17(23)19-14-2-4-15(5-3-14)25-12-16(22)21-6-8-24-9-7-21/h2-5,10-11H,6-9,12H2,1H3,(H,19,23). The lowest BCUT2D eigenvalue weighted by molar-refractivity contribution is -0.137. The van der Waals surface area contributed by atoms with Gasteiger partial charge in [0.2, 0.25) is 0 Å². The van der Waals surface area contributed by atoms with Crippen LogP contribution < -0.4 is 10.1 Å². The van der Waals surface area contributed by atoms with Gasteiger partial charge in [0.15, 0.2) is 6.61 Å². The number of amides is 2. The highest BCUT2D eigenvalue weighted by molar-refractivity contribution is 6.03. The van der Waals surface area contributed by atoms with Gasteiger partial charge in [0.25, 0.3) is 11.8 Å². The normalized spacial score (nSPS) is 14.2. The average molecular weight is 344 g/mol. The van der Waals surface area contributed by atoms with Crippen LogP contribution in [0.3, 0.4) is 0 Å². The van der Waals surface area contributed by atoms with Crippen molar-refractivity contribution in [3.8, 4) is 5.75 Å². The first-order valence-corrected chi connectivity index (χ1v) is 8.00. The number of ether oxygens (including phenoxy) is 2. The summed E-state index contributed by atoms with van der Waals surface area (Å²) in [5.41, 5.74) is 1.12. The number of carbonyl (C=O) groups excluding carboxylic acids is 2. The molecule has 1 saturated heterocycles. The van der Waals surface area contributed by atoms with Crippen molar-refractivity contribution in [1.82, 2.24) is 14.7 Å². The van der Waals surface area contributed by atoms with Crippen molar-refractivity contribution in [2.75, 3.05) is 38.2 Å². The molecule has 0 aliphatic carbocycles. The van der Waals surface area contributed by atoms with E-state index in [1.807, 2.05) is 0 Å². The molecule has 2 heterocycles. The van der Waals surface area contributed by atoms with E-state index in [2.05, 4.69) is 10.4 Å². The number of rotatable bonds is 5. The molecular weight excluding hydrogens is 324 g/mol. The number of aryl methyl sites for hydroxylation is 1. The lowest BCUT2D eigenvalue weighted by Crippen LogP contribution is -2.42. The van der Waals surface area contributed by atoms with Crippen LogP contribution in [0.1, 0.15) is 10.4 Å². The quantitative estimate of drug-likeness (QED) is 0.871. The van der Waals surface area contributed by atoms with Gasteiger partial charge in [0.05, 0.1) is 25.0 Å². The van der Waals surface area contributed by atoms with Gasteiger partial charge < -0.3 is 19.7 Å². The van der Waals surface area contributed by atoms with E-state index in [4.69, 9.17) is 9.47 Å². The smallest absolute Gasteiger partial charge is 0.260 e. The largest absolute Gasteiger partial charge is 0.484 e. The third-order valence-corrected chi connectivity index (χ3v) is 3.81. The van der Waals surface area contributed by atoms with Crippen LogP contribution in [0.15, 0.2) is 36.7 Å². The van der Waals surface area contributed by atoms with Gasteiger partial charge in [-0.3, -0.25) is 14.3 Å². The van der Waals surface area contributed by atoms with Crippen molar-refractivity contribution in [3.63, 3.8) is 0 Å². The zero-order valence-electron chi connectivity index (χ0n) is 14.0. The number of hydrogen-bond acceptors (Lipinski definition) is 5.